The standard InChI is InChI=1S/C22H21FN2O2/c1-25(15-13-19-6-4-5-14-24-19)22(26)20-7-2-3-8-21(20)27-16-17-9-11-18(23)12-10-17/h2-12,14H,13,15-16H2,1H3. The normalized spacial score (nSPS) is 10.4. The summed E-state index contributed by atoms with van der Waals surface area (Å²) in [5, 5.41) is 0. The lowest BCUT2D eigenvalue weighted by Gasteiger charge is -2.19. The van der Waals surface area contributed by atoms with Crippen LogP contribution in [0.2, 0.25) is 0 Å². The van der Waals surface area contributed by atoms with E-state index in [-0.39, 0.29) is 18.3 Å². The molecular weight excluding hydrogens is 343 g/mol. The van der Waals surface area contributed by atoms with Gasteiger partial charge in [0.15, 0.2) is 0 Å². The first-order valence-electron chi connectivity index (χ1n) is 8.75. The molecule has 2 aromatic carbocycles. The van der Waals surface area contributed by atoms with E-state index in [0.717, 1.165) is 11.3 Å². The highest BCUT2D eigenvalue weighted by Gasteiger charge is 2.16. The van der Waals surface area contributed by atoms with Crippen molar-refractivity contribution in [3.63, 3.8) is 0 Å². The number of carbonyl (C=O) groups is 1. The van der Waals surface area contributed by atoms with E-state index < -0.39 is 0 Å². The molecule has 3 aromatic rings. The molecule has 3 rings (SSSR count). The molecule has 1 aromatic heterocycles. The number of pyridine rings is 1. The minimum Gasteiger partial charge on any atom is -0.488 e. The zero-order valence-electron chi connectivity index (χ0n) is 15.1. The largest absolute Gasteiger partial charge is 0.488 e. The molecule has 0 saturated heterocycles. The van der Waals surface area contributed by atoms with E-state index in [1.54, 1.807) is 42.4 Å². The molecule has 0 spiro atoms. The van der Waals surface area contributed by atoms with Gasteiger partial charge in [0.2, 0.25) is 0 Å². The Bertz CT molecular complexity index is 882. The van der Waals surface area contributed by atoms with Gasteiger partial charge in [-0.2, -0.15) is 0 Å². The molecule has 27 heavy (non-hydrogen) atoms. The van der Waals surface area contributed by atoms with Gasteiger partial charge in [-0.1, -0.05) is 30.3 Å². The number of para-hydroxylation sites is 1. The summed E-state index contributed by atoms with van der Waals surface area (Å²) < 4.78 is 18.8. The van der Waals surface area contributed by atoms with E-state index in [1.165, 1.54) is 12.1 Å². The Hall–Kier alpha value is -3.21. The van der Waals surface area contributed by atoms with Crippen LogP contribution in [0, 0.1) is 5.82 Å². The van der Waals surface area contributed by atoms with Gasteiger partial charge in [-0.3, -0.25) is 9.78 Å². The van der Waals surface area contributed by atoms with E-state index in [0.29, 0.717) is 24.3 Å². The van der Waals surface area contributed by atoms with E-state index in [4.69, 9.17) is 4.74 Å². The third kappa shape index (κ3) is 5.14. The highest BCUT2D eigenvalue weighted by atomic mass is 19.1. The average molecular weight is 364 g/mol. The topological polar surface area (TPSA) is 42.4 Å². The van der Waals surface area contributed by atoms with Gasteiger partial charge in [0.05, 0.1) is 5.56 Å². The smallest absolute Gasteiger partial charge is 0.257 e. The number of ether oxygens (including phenoxy) is 1. The predicted octanol–water partition coefficient (Wildman–Crippen LogP) is 4.11. The molecule has 0 bridgehead atoms. The van der Waals surface area contributed by atoms with E-state index in [9.17, 15) is 9.18 Å². The van der Waals surface area contributed by atoms with Crippen LogP contribution in [0.1, 0.15) is 21.6 Å². The lowest BCUT2D eigenvalue weighted by molar-refractivity contribution is 0.0791. The summed E-state index contributed by atoms with van der Waals surface area (Å²) in [6.45, 7) is 0.824. The van der Waals surface area contributed by atoms with Crippen molar-refractivity contribution in [3.05, 3.63) is 95.6 Å². The maximum absolute atomic E-state index is 13.0. The Kier molecular flexibility index (Phi) is 6.15. The van der Waals surface area contributed by atoms with E-state index in [1.807, 2.05) is 30.3 Å². The Morgan fingerprint density at radius 3 is 2.52 bits per heavy atom. The second-order valence-electron chi connectivity index (χ2n) is 6.21. The lowest BCUT2D eigenvalue weighted by atomic mass is 10.1. The molecule has 0 atom stereocenters. The van der Waals surface area contributed by atoms with Gasteiger partial charge >= 0.3 is 0 Å². The second-order valence-corrected chi connectivity index (χ2v) is 6.21. The molecule has 0 radical (unpaired) electrons. The quantitative estimate of drug-likeness (QED) is 0.633. The molecule has 1 amide bonds. The first-order chi connectivity index (χ1) is 13.1. The van der Waals surface area contributed by atoms with Crippen LogP contribution in [-0.2, 0) is 13.0 Å². The molecule has 0 aliphatic rings. The van der Waals surface area contributed by atoms with Crippen LogP contribution < -0.4 is 4.74 Å². The zero-order chi connectivity index (χ0) is 19.1. The minimum absolute atomic E-state index is 0.111. The summed E-state index contributed by atoms with van der Waals surface area (Å²) in [7, 11) is 1.77. The van der Waals surface area contributed by atoms with E-state index in [2.05, 4.69) is 4.98 Å². The summed E-state index contributed by atoms with van der Waals surface area (Å²) in [6.07, 6.45) is 2.43. The van der Waals surface area contributed by atoms with Crippen LogP contribution >= 0.6 is 0 Å². The third-order valence-corrected chi connectivity index (χ3v) is 4.20. The number of likely N-dealkylation sites (N-methyl/N-ethyl adjacent to an activating group) is 1. The monoisotopic (exact) mass is 364 g/mol. The number of rotatable bonds is 7. The summed E-state index contributed by atoms with van der Waals surface area (Å²) in [4.78, 5) is 18.8. The number of nitrogens with zero attached hydrogens (tertiary/aromatic N) is 2. The van der Waals surface area contributed by atoms with Crippen LogP contribution in [0.15, 0.2) is 72.9 Å². The molecule has 5 heteroatoms. The molecule has 1 heterocycles. The van der Waals surface area contributed by atoms with Crippen LogP contribution in [0.25, 0.3) is 0 Å². The van der Waals surface area contributed by atoms with Crippen molar-refractivity contribution in [1.82, 2.24) is 9.88 Å². The Morgan fingerprint density at radius 1 is 1.04 bits per heavy atom. The number of carbonyl (C=O) groups excluding carboxylic acids is 1. The number of hydrogen-bond acceptors (Lipinski definition) is 3. The van der Waals surface area contributed by atoms with Crippen molar-refractivity contribution in [1.29, 1.82) is 0 Å². The van der Waals surface area contributed by atoms with Crippen molar-refractivity contribution in [2.75, 3.05) is 13.6 Å². The van der Waals surface area contributed by atoms with Crippen LogP contribution in [0.4, 0.5) is 4.39 Å². The molecule has 0 aliphatic heterocycles. The van der Waals surface area contributed by atoms with Gasteiger partial charge in [0, 0.05) is 31.9 Å². The summed E-state index contributed by atoms with van der Waals surface area (Å²) in [5.74, 6) is 0.112. The molecule has 0 aliphatic carbocycles. The van der Waals surface area contributed by atoms with E-state index >= 15 is 0 Å². The van der Waals surface area contributed by atoms with Crippen molar-refractivity contribution >= 4 is 5.91 Å². The predicted molar refractivity (Wildman–Crippen MR) is 102 cm³/mol. The average Bonchev–Trinajstić information content (AvgIpc) is 2.72. The summed E-state index contributed by atoms with van der Waals surface area (Å²) in [6, 6.07) is 19.0. The second kappa shape index (κ2) is 8.94. The summed E-state index contributed by atoms with van der Waals surface area (Å²) >= 11 is 0. The maximum atomic E-state index is 13.0. The SMILES string of the molecule is CN(CCc1ccccn1)C(=O)c1ccccc1OCc1ccc(F)cc1. The minimum atomic E-state index is -0.288. The highest BCUT2D eigenvalue weighted by Crippen LogP contribution is 2.21. The fourth-order valence-corrected chi connectivity index (χ4v) is 2.65. The molecular formula is C22H21FN2O2. The molecule has 138 valence electrons. The zero-order valence-corrected chi connectivity index (χ0v) is 15.1. The number of aromatic nitrogens is 1. The van der Waals surface area contributed by atoms with Crippen molar-refractivity contribution < 1.29 is 13.9 Å². The number of halogens is 1. The first-order valence-corrected chi connectivity index (χ1v) is 8.75. The Balaban J connectivity index is 1.64. The first kappa shape index (κ1) is 18.6. The summed E-state index contributed by atoms with van der Waals surface area (Å²) in [5.41, 5.74) is 2.28. The Morgan fingerprint density at radius 2 is 1.78 bits per heavy atom. The van der Waals surface area contributed by atoms with Gasteiger partial charge in [-0.25, -0.2) is 4.39 Å². The van der Waals surface area contributed by atoms with Crippen molar-refractivity contribution in [2.45, 2.75) is 13.0 Å². The maximum Gasteiger partial charge on any atom is 0.257 e. The van der Waals surface area contributed by atoms with Crippen LogP contribution in [0.5, 0.6) is 5.75 Å². The highest BCUT2D eigenvalue weighted by molar-refractivity contribution is 5.96. The van der Waals surface area contributed by atoms with Crippen LogP contribution in [-0.4, -0.2) is 29.4 Å². The van der Waals surface area contributed by atoms with Crippen LogP contribution in [0.3, 0.4) is 0 Å². The molecule has 0 N–H and O–H groups in total. The third-order valence-electron chi connectivity index (χ3n) is 4.20. The number of benzene rings is 2. The van der Waals surface area contributed by atoms with Crippen molar-refractivity contribution in [3.8, 4) is 5.75 Å². The van der Waals surface area contributed by atoms with Gasteiger partial charge < -0.3 is 9.64 Å². The molecule has 4 nitrogen and oxygen atoms in total. The lowest BCUT2D eigenvalue weighted by Crippen LogP contribution is -2.29. The fourth-order valence-electron chi connectivity index (χ4n) is 2.65. The van der Waals surface area contributed by atoms with Crippen molar-refractivity contribution in [2.24, 2.45) is 0 Å². The molecule has 0 saturated carbocycles. The molecule has 0 fully saturated rings. The Labute approximate surface area is 158 Å². The van der Waals surface area contributed by atoms with Gasteiger partial charge in [0.25, 0.3) is 5.91 Å². The number of amides is 1. The van der Waals surface area contributed by atoms with Gasteiger partial charge in [0.1, 0.15) is 18.2 Å². The van der Waals surface area contributed by atoms with Gasteiger partial charge in [-0.05, 0) is 42.0 Å². The van der Waals surface area contributed by atoms with Gasteiger partial charge in [-0.15, -0.1) is 0 Å². The number of hydrogen-bond donors (Lipinski definition) is 0. The fraction of sp³-hybridized carbons (Fsp3) is 0.182. The molecule has 0 unspecified atom stereocenters.